The Morgan fingerprint density at radius 3 is 2.84 bits per heavy atom. The fourth-order valence-electron chi connectivity index (χ4n) is 1.53. The van der Waals surface area contributed by atoms with Crippen LogP contribution in [0.15, 0.2) is 27.8 Å². The van der Waals surface area contributed by atoms with Crippen LogP contribution in [0.4, 0.5) is 0 Å². The van der Waals surface area contributed by atoms with Gasteiger partial charge in [0.15, 0.2) is 0 Å². The summed E-state index contributed by atoms with van der Waals surface area (Å²) in [6, 6.07) is 5.40. The number of halogens is 2. The molecule has 0 saturated heterocycles. The van der Waals surface area contributed by atoms with Gasteiger partial charge < -0.3 is 15.8 Å². The number of carbonyl (C=O) groups is 1. The number of amidine groups is 1. The Bertz CT molecular complexity index is 508. The van der Waals surface area contributed by atoms with Crippen LogP contribution >= 0.6 is 38.5 Å². The maximum atomic E-state index is 12.4. The van der Waals surface area contributed by atoms with Crippen molar-refractivity contribution in [1.82, 2.24) is 4.90 Å². The fourth-order valence-corrected chi connectivity index (χ4v) is 2.46. The number of nitrogens with zero attached hydrogens (tertiary/aromatic N) is 2. The van der Waals surface area contributed by atoms with Gasteiger partial charge in [-0.1, -0.05) is 21.1 Å². The molecule has 0 aliphatic heterocycles. The van der Waals surface area contributed by atoms with Crippen molar-refractivity contribution in [3.8, 4) is 0 Å². The highest BCUT2D eigenvalue weighted by atomic mass is 127. The van der Waals surface area contributed by atoms with E-state index in [1.54, 1.807) is 18.0 Å². The molecule has 0 bridgehead atoms. The number of benzene rings is 1. The summed E-state index contributed by atoms with van der Waals surface area (Å²) >= 11 is 5.48. The van der Waals surface area contributed by atoms with Crippen molar-refractivity contribution in [2.75, 3.05) is 7.05 Å². The van der Waals surface area contributed by atoms with Gasteiger partial charge in [0.05, 0.1) is 5.56 Å². The molecule has 1 unspecified atom stereocenters. The molecule has 1 aromatic carbocycles. The molecule has 0 heterocycles. The summed E-state index contributed by atoms with van der Waals surface area (Å²) in [5.41, 5.74) is 6.09. The van der Waals surface area contributed by atoms with E-state index in [1.165, 1.54) is 0 Å². The van der Waals surface area contributed by atoms with Crippen LogP contribution in [0.2, 0.25) is 0 Å². The van der Waals surface area contributed by atoms with Gasteiger partial charge in [-0.3, -0.25) is 4.79 Å². The largest absolute Gasteiger partial charge is 0.409 e. The quantitative estimate of drug-likeness (QED) is 0.249. The Kier molecular flexibility index (Phi) is 6.05. The third-order valence-corrected chi connectivity index (χ3v) is 4.21. The molecule has 5 nitrogen and oxygen atoms in total. The Morgan fingerprint density at radius 2 is 2.26 bits per heavy atom. The molecule has 1 amide bonds. The molecule has 1 rings (SSSR count). The number of oxime groups is 1. The Labute approximate surface area is 134 Å². The summed E-state index contributed by atoms with van der Waals surface area (Å²) in [6.07, 6.45) is 0.323. The van der Waals surface area contributed by atoms with E-state index >= 15 is 0 Å². The normalized spacial score (nSPS) is 13.2. The number of nitrogens with two attached hydrogens (primary N) is 1. The average molecular weight is 440 g/mol. The van der Waals surface area contributed by atoms with Crippen LogP contribution in [0.25, 0.3) is 0 Å². The van der Waals surface area contributed by atoms with Crippen molar-refractivity contribution in [2.24, 2.45) is 10.9 Å². The maximum absolute atomic E-state index is 12.4. The second kappa shape index (κ2) is 7.09. The summed E-state index contributed by atoms with van der Waals surface area (Å²) in [7, 11) is 1.70. The van der Waals surface area contributed by atoms with Crippen LogP contribution < -0.4 is 5.73 Å². The lowest BCUT2D eigenvalue weighted by atomic mass is 10.1. The van der Waals surface area contributed by atoms with Crippen LogP contribution in [0.3, 0.4) is 0 Å². The van der Waals surface area contributed by atoms with E-state index in [0.717, 1.165) is 8.04 Å². The van der Waals surface area contributed by atoms with Crippen LogP contribution in [-0.4, -0.2) is 34.9 Å². The second-order valence-corrected chi connectivity index (χ2v) is 6.26. The van der Waals surface area contributed by atoms with Crippen LogP contribution in [0.5, 0.6) is 0 Å². The standard InChI is InChI=1S/C12H15BrIN3O2/c1-7(5-11(15)16-19)17(2)12(18)9-6-8(13)3-4-10(9)14/h3-4,6-7,19H,5H2,1-2H3,(H2,15,16). The van der Waals surface area contributed by atoms with E-state index in [1.807, 2.05) is 19.1 Å². The topological polar surface area (TPSA) is 78.9 Å². The first-order valence-corrected chi connectivity index (χ1v) is 7.42. The van der Waals surface area contributed by atoms with Crippen molar-refractivity contribution in [1.29, 1.82) is 0 Å². The molecule has 0 aliphatic carbocycles. The van der Waals surface area contributed by atoms with E-state index in [0.29, 0.717) is 12.0 Å². The summed E-state index contributed by atoms with van der Waals surface area (Å²) < 4.78 is 1.74. The fraction of sp³-hybridized carbons (Fsp3) is 0.333. The average Bonchev–Trinajstić information content (AvgIpc) is 2.39. The molecule has 1 atom stereocenters. The predicted octanol–water partition coefficient (Wildman–Crippen LogP) is 2.65. The zero-order valence-corrected chi connectivity index (χ0v) is 14.3. The number of hydrogen-bond acceptors (Lipinski definition) is 3. The Balaban J connectivity index is 2.90. The smallest absolute Gasteiger partial charge is 0.254 e. The minimum atomic E-state index is -0.154. The van der Waals surface area contributed by atoms with Crippen molar-refractivity contribution in [3.05, 3.63) is 31.8 Å². The van der Waals surface area contributed by atoms with Gasteiger partial charge in [0.25, 0.3) is 5.91 Å². The van der Waals surface area contributed by atoms with Crippen LogP contribution in [0.1, 0.15) is 23.7 Å². The number of carbonyl (C=O) groups excluding carboxylic acids is 1. The maximum Gasteiger partial charge on any atom is 0.254 e. The lowest BCUT2D eigenvalue weighted by Crippen LogP contribution is -2.38. The molecule has 104 valence electrons. The highest BCUT2D eigenvalue weighted by Crippen LogP contribution is 2.20. The molecular formula is C12H15BrIN3O2. The molecule has 0 aliphatic rings. The van der Waals surface area contributed by atoms with Crippen molar-refractivity contribution in [3.63, 3.8) is 0 Å². The highest BCUT2D eigenvalue weighted by Gasteiger charge is 2.20. The van der Waals surface area contributed by atoms with E-state index in [9.17, 15) is 4.79 Å². The number of amides is 1. The van der Waals surface area contributed by atoms with Crippen molar-refractivity contribution in [2.45, 2.75) is 19.4 Å². The number of rotatable bonds is 4. The molecule has 1 aromatic rings. The summed E-state index contributed by atoms with van der Waals surface area (Å²) in [4.78, 5) is 14.0. The molecule has 0 saturated carbocycles. The minimum Gasteiger partial charge on any atom is -0.409 e. The van der Waals surface area contributed by atoms with Gasteiger partial charge in [-0.2, -0.15) is 0 Å². The summed E-state index contributed by atoms with van der Waals surface area (Å²) in [5.74, 6) is 0.0139. The van der Waals surface area contributed by atoms with Gasteiger partial charge in [0, 0.05) is 27.6 Å². The van der Waals surface area contributed by atoms with Gasteiger partial charge in [0.2, 0.25) is 0 Å². The molecule has 19 heavy (non-hydrogen) atoms. The van der Waals surface area contributed by atoms with Crippen LogP contribution in [0, 0.1) is 3.57 Å². The molecule has 0 radical (unpaired) electrons. The first-order valence-electron chi connectivity index (χ1n) is 5.55. The molecule has 7 heteroatoms. The lowest BCUT2D eigenvalue weighted by molar-refractivity contribution is 0.0746. The molecule has 0 fully saturated rings. The monoisotopic (exact) mass is 439 g/mol. The van der Waals surface area contributed by atoms with Gasteiger partial charge >= 0.3 is 0 Å². The molecular weight excluding hydrogens is 425 g/mol. The van der Waals surface area contributed by atoms with Gasteiger partial charge in [-0.15, -0.1) is 0 Å². The minimum absolute atomic E-state index is 0.0936. The van der Waals surface area contributed by atoms with Gasteiger partial charge in [0.1, 0.15) is 5.84 Å². The second-order valence-electron chi connectivity index (χ2n) is 4.18. The van der Waals surface area contributed by atoms with Crippen LogP contribution in [-0.2, 0) is 0 Å². The van der Waals surface area contributed by atoms with E-state index in [4.69, 9.17) is 10.9 Å². The Hall–Kier alpha value is -0.830. The van der Waals surface area contributed by atoms with Crippen molar-refractivity contribution >= 4 is 50.3 Å². The molecule has 3 N–H and O–H groups in total. The SMILES string of the molecule is CC(C/C(N)=N/O)N(C)C(=O)c1cc(Br)ccc1I. The summed E-state index contributed by atoms with van der Waals surface area (Å²) in [6.45, 7) is 1.85. The first kappa shape index (κ1) is 16.2. The molecule has 0 aromatic heterocycles. The summed E-state index contributed by atoms with van der Waals surface area (Å²) in [5, 5.41) is 11.5. The van der Waals surface area contributed by atoms with Gasteiger partial charge in [-0.25, -0.2) is 0 Å². The lowest BCUT2D eigenvalue weighted by Gasteiger charge is -2.25. The molecule has 0 spiro atoms. The Morgan fingerprint density at radius 1 is 1.63 bits per heavy atom. The first-order chi connectivity index (χ1) is 8.86. The van der Waals surface area contributed by atoms with E-state index < -0.39 is 0 Å². The third kappa shape index (κ3) is 4.34. The zero-order chi connectivity index (χ0) is 14.6. The predicted molar refractivity (Wildman–Crippen MR) is 86.4 cm³/mol. The number of hydrogen-bond donors (Lipinski definition) is 2. The highest BCUT2D eigenvalue weighted by molar-refractivity contribution is 14.1. The van der Waals surface area contributed by atoms with Crippen molar-refractivity contribution < 1.29 is 10.0 Å². The van der Waals surface area contributed by atoms with Gasteiger partial charge in [-0.05, 0) is 47.7 Å². The zero-order valence-electron chi connectivity index (χ0n) is 10.6. The van der Waals surface area contributed by atoms with E-state index in [2.05, 4.69) is 43.7 Å². The third-order valence-electron chi connectivity index (χ3n) is 2.77. The van der Waals surface area contributed by atoms with E-state index in [-0.39, 0.29) is 17.8 Å².